The molecule has 0 rings (SSSR count). The van der Waals surface area contributed by atoms with Crippen LogP contribution in [0.1, 0.15) is 0 Å². The number of rotatable bonds is 3. The number of hydrogen-bond donors (Lipinski definition) is 1. The van der Waals surface area contributed by atoms with Gasteiger partial charge in [-0.05, 0) is 6.06 Å². The van der Waals surface area contributed by atoms with Gasteiger partial charge in [0, 0.05) is 0 Å². The van der Waals surface area contributed by atoms with Crippen LogP contribution in [0.15, 0.2) is 0 Å². The predicted octanol–water partition coefficient (Wildman–Crippen LogP) is -0.816. The average Bonchev–Trinajstić information content (AvgIpc) is 1.61. The Morgan fingerprint density at radius 2 is 2.67 bits per heavy atom. The van der Waals surface area contributed by atoms with Crippen molar-refractivity contribution in [2.24, 2.45) is 0 Å². The molecule has 0 aliphatic rings. The number of amides is 1. The number of carbonyl (C=O) groups is 1. The van der Waals surface area contributed by atoms with Crippen LogP contribution in [0.4, 0.5) is 0 Å². The first kappa shape index (κ1) is 5.96. The van der Waals surface area contributed by atoms with Gasteiger partial charge in [0.25, 0.3) is 0 Å². The molecule has 1 N–H and O–H groups in total. The van der Waals surface area contributed by atoms with Crippen molar-refractivity contribution in [3.8, 4) is 0 Å². The topological polar surface area (TPSA) is 29.1 Å². The molecule has 0 aromatic heterocycles. The molecule has 0 heterocycles. The van der Waals surface area contributed by atoms with Crippen LogP contribution in [0, 0.1) is 0 Å². The van der Waals surface area contributed by atoms with E-state index in [4.69, 9.17) is 0 Å². The maximum atomic E-state index is 9.41. The van der Waals surface area contributed by atoms with Crippen LogP contribution in [0.5, 0.6) is 0 Å². The van der Waals surface area contributed by atoms with E-state index >= 15 is 0 Å². The molecule has 0 aliphatic carbocycles. The third-order valence-electron chi connectivity index (χ3n) is 0.304. The zero-order valence-corrected chi connectivity index (χ0v) is 4.50. The van der Waals surface area contributed by atoms with Crippen molar-refractivity contribution < 1.29 is 4.79 Å². The molecule has 0 bridgehead atoms. The van der Waals surface area contributed by atoms with Gasteiger partial charge < -0.3 is 5.23 Å². The van der Waals surface area contributed by atoms with Crippen LogP contribution in [0.25, 0.3) is 0 Å². The standard InChI is InChI=1S/C2H6BNOP/c5-2-4-3-1-6/h2H,1,6H2,(H,4,5). The van der Waals surface area contributed by atoms with Crippen molar-refractivity contribution in [1.29, 1.82) is 0 Å². The summed E-state index contributed by atoms with van der Waals surface area (Å²) in [7, 11) is 4.10. The third kappa shape index (κ3) is 3.96. The van der Waals surface area contributed by atoms with E-state index in [9.17, 15) is 4.79 Å². The van der Waals surface area contributed by atoms with Crippen molar-refractivity contribution in [3.63, 3.8) is 0 Å². The smallest absolute Gasteiger partial charge is 0.249 e. The van der Waals surface area contributed by atoms with Crippen molar-refractivity contribution in [1.82, 2.24) is 5.23 Å². The number of hydrogen-bond acceptors (Lipinski definition) is 1. The third-order valence-corrected chi connectivity index (χ3v) is 0.539. The van der Waals surface area contributed by atoms with Crippen LogP contribution in [0.3, 0.4) is 0 Å². The normalized spacial score (nSPS) is 6.83. The maximum absolute atomic E-state index is 9.41. The van der Waals surface area contributed by atoms with E-state index in [0.717, 1.165) is 6.06 Å². The van der Waals surface area contributed by atoms with Crippen LogP contribution < -0.4 is 5.23 Å². The van der Waals surface area contributed by atoms with Crippen molar-refractivity contribution in [2.75, 3.05) is 6.06 Å². The van der Waals surface area contributed by atoms with Gasteiger partial charge >= 0.3 is 0 Å². The van der Waals surface area contributed by atoms with Crippen molar-refractivity contribution in [2.45, 2.75) is 0 Å². The first-order valence-corrected chi connectivity index (χ1v) is 2.45. The zero-order chi connectivity index (χ0) is 4.83. The fraction of sp³-hybridized carbons (Fsp3) is 0.500. The van der Waals surface area contributed by atoms with E-state index in [-0.39, 0.29) is 0 Å². The summed E-state index contributed by atoms with van der Waals surface area (Å²) in [6, 6.07) is 0.804. The second kappa shape index (κ2) is 4.96. The molecule has 6 heavy (non-hydrogen) atoms. The van der Waals surface area contributed by atoms with Gasteiger partial charge in [0.1, 0.15) is 0 Å². The molecular weight excluding hydrogens is 95.8 g/mol. The SMILES string of the molecule is O=CN[B]CP. The summed E-state index contributed by atoms with van der Waals surface area (Å²) >= 11 is 0. The average molecular weight is 102 g/mol. The van der Waals surface area contributed by atoms with Crippen LogP contribution in [-0.2, 0) is 4.79 Å². The Kier molecular flexibility index (Phi) is 4.94. The molecule has 0 aromatic carbocycles. The molecule has 1 atom stereocenters. The summed E-state index contributed by atoms with van der Waals surface area (Å²) in [6.45, 7) is 0. The Morgan fingerprint density at radius 3 is 2.83 bits per heavy atom. The minimum Gasteiger partial charge on any atom is -0.406 e. The van der Waals surface area contributed by atoms with E-state index in [1.54, 1.807) is 7.41 Å². The summed E-state index contributed by atoms with van der Waals surface area (Å²) in [5.41, 5.74) is 0. The Labute approximate surface area is 40.2 Å². The molecule has 0 aromatic rings. The Morgan fingerprint density at radius 1 is 2.00 bits per heavy atom. The highest BCUT2D eigenvalue weighted by Crippen LogP contribution is 1.68. The van der Waals surface area contributed by atoms with Crippen molar-refractivity contribution >= 4 is 23.1 Å². The van der Waals surface area contributed by atoms with Gasteiger partial charge in [-0.1, -0.05) is 0 Å². The molecule has 0 spiro atoms. The Bertz CT molecular complexity index is 42.5. The molecule has 1 unspecified atom stereocenters. The maximum Gasteiger partial charge on any atom is 0.249 e. The molecule has 1 amide bonds. The van der Waals surface area contributed by atoms with E-state index < -0.39 is 0 Å². The second-order valence-electron chi connectivity index (χ2n) is 0.724. The lowest BCUT2D eigenvalue weighted by atomic mass is 10.0. The molecule has 0 aliphatic heterocycles. The second-order valence-corrected chi connectivity index (χ2v) is 1.20. The fourth-order valence-corrected chi connectivity index (χ4v) is 0.252. The van der Waals surface area contributed by atoms with E-state index in [1.807, 2.05) is 0 Å². The number of nitrogens with one attached hydrogen (secondary N) is 1. The molecule has 1 radical (unpaired) electrons. The molecular formula is C2H6BNOP. The lowest BCUT2D eigenvalue weighted by Gasteiger charge is -1.82. The summed E-state index contributed by atoms with van der Waals surface area (Å²) in [5, 5.41) is 2.37. The van der Waals surface area contributed by atoms with Gasteiger partial charge in [0.15, 0.2) is 6.41 Å². The summed E-state index contributed by atoms with van der Waals surface area (Å²) < 4.78 is 0. The molecule has 4 heteroatoms. The largest absolute Gasteiger partial charge is 0.406 e. The lowest BCUT2D eigenvalue weighted by Crippen LogP contribution is -2.17. The Balaban J connectivity index is 2.49. The monoisotopic (exact) mass is 102 g/mol. The van der Waals surface area contributed by atoms with E-state index in [1.165, 1.54) is 0 Å². The minimum absolute atomic E-state index is 0.643. The van der Waals surface area contributed by atoms with Crippen molar-refractivity contribution in [3.05, 3.63) is 0 Å². The highest BCUT2D eigenvalue weighted by Gasteiger charge is 1.76. The number of carbonyl (C=O) groups excluding carboxylic acids is 1. The molecule has 0 saturated carbocycles. The van der Waals surface area contributed by atoms with Gasteiger partial charge in [-0.3, -0.25) is 4.79 Å². The molecule has 2 nitrogen and oxygen atoms in total. The predicted molar refractivity (Wildman–Crippen MR) is 29.5 cm³/mol. The highest BCUT2D eigenvalue weighted by molar-refractivity contribution is 7.20. The van der Waals surface area contributed by atoms with Gasteiger partial charge in [0.2, 0.25) is 7.41 Å². The fourth-order valence-electron chi connectivity index (χ4n) is 0.116. The van der Waals surface area contributed by atoms with E-state index in [2.05, 4.69) is 14.5 Å². The first-order chi connectivity index (χ1) is 2.91. The van der Waals surface area contributed by atoms with Crippen LogP contribution in [-0.4, -0.2) is 19.9 Å². The minimum atomic E-state index is 0.643. The Hall–Kier alpha value is -0.0351. The summed E-state index contributed by atoms with van der Waals surface area (Å²) in [4.78, 5) is 9.41. The molecule has 33 valence electrons. The summed E-state index contributed by atoms with van der Waals surface area (Å²) in [5.74, 6) is 0. The molecule has 0 fully saturated rings. The van der Waals surface area contributed by atoms with Gasteiger partial charge in [-0.15, -0.1) is 9.24 Å². The van der Waals surface area contributed by atoms with E-state index in [0.29, 0.717) is 6.41 Å². The van der Waals surface area contributed by atoms with Gasteiger partial charge in [0.05, 0.1) is 0 Å². The summed E-state index contributed by atoms with van der Waals surface area (Å²) in [6.07, 6.45) is 0.643. The lowest BCUT2D eigenvalue weighted by molar-refractivity contribution is -0.108. The van der Waals surface area contributed by atoms with Gasteiger partial charge in [-0.25, -0.2) is 0 Å². The highest BCUT2D eigenvalue weighted by atomic mass is 31.0. The zero-order valence-electron chi connectivity index (χ0n) is 3.35. The molecule has 0 saturated heterocycles. The van der Waals surface area contributed by atoms with Crippen LogP contribution in [0.2, 0.25) is 0 Å². The van der Waals surface area contributed by atoms with Gasteiger partial charge in [-0.2, -0.15) is 0 Å². The quantitative estimate of drug-likeness (QED) is 0.214. The van der Waals surface area contributed by atoms with Crippen LogP contribution >= 0.6 is 9.24 Å². The first-order valence-electron chi connectivity index (χ1n) is 1.63.